The van der Waals surface area contributed by atoms with Gasteiger partial charge in [-0.15, -0.1) is 0 Å². The maximum absolute atomic E-state index is 13.8. The predicted octanol–water partition coefficient (Wildman–Crippen LogP) is 2.27. The van der Waals surface area contributed by atoms with Gasteiger partial charge in [-0.3, -0.25) is 14.4 Å². The SMILES string of the molecule is CC(=O)N1CCN(c2nc3c(c(N4CCC[C@@H]4C(=O)N(C)C4CCCCC4)n2)CN(C(C)C)C3=O)CC1. The second kappa shape index (κ2) is 10.5. The maximum atomic E-state index is 13.8. The van der Waals surface area contributed by atoms with Crippen LogP contribution in [0.3, 0.4) is 0 Å². The summed E-state index contributed by atoms with van der Waals surface area (Å²) in [5, 5.41) is 0. The third kappa shape index (κ3) is 4.86. The van der Waals surface area contributed by atoms with E-state index in [-0.39, 0.29) is 29.8 Å². The van der Waals surface area contributed by atoms with Gasteiger partial charge in [-0.05, 0) is 39.5 Å². The molecule has 37 heavy (non-hydrogen) atoms. The van der Waals surface area contributed by atoms with Crippen LogP contribution in [-0.2, 0) is 16.1 Å². The minimum Gasteiger partial charge on any atom is -0.344 e. The number of aromatic nitrogens is 2. The van der Waals surface area contributed by atoms with Gasteiger partial charge in [0.15, 0.2) is 0 Å². The maximum Gasteiger partial charge on any atom is 0.273 e. The van der Waals surface area contributed by atoms with Crippen LogP contribution in [0.4, 0.5) is 11.8 Å². The molecule has 1 aromatic heterocycles. The van der Waals surface area contributed by atoms with Crippen LogP contribution in [0.5, 0.6) is 0 Å². The van der Waals surface area contributed by atoms with Gasteiger partial charge in [-0.1, -0.05) is 19.3 Å². The fourth-order valence-corrected chi connectivity index (χ4v) is 6.34. The Bertz CT molecular complexity index is 1050. The Morgan fingerprint density at radius 3 is 2.30 bits per heavy atom. The van der Waals surface area contributed by atoms with Crippen LogP contribution in [0.25, 0.3) is 0 Å². The summed E-state index contributed by atoms with van der Waals surface area (Å²) in [5.41, 5.74) is 1.30. The number of likely N-dealkylation sites (N-methyl/N-ethyl adjacent to an activating group) is 1. The number of hydrogen-bond acceptors (Lipinski definition) is 7. The van der Waals surface area contributed by atoms with E-state index in [9.17, 15) is 14.4 Å². The molecule has 0 aromatic carbocycles. The lowest BCUT2D eigenvalue weighted by atomic mass is 9.94. The summed E-state index contributed by atoms with van der Waals surface area (Å²) in [5.74, 6) is 1.42. The van der Waals surface area contributed by atoms with E-state index in [0.717, 1.165) is 43.6 Å². The van der Waals surface area contributed by atoms with Crippen molar-refractivity contribution in [2.75, 3.05) is 49.6 Å². The lowest BCUT2D eigenvalue weighted by Crippen LogP contribution is -2.50. The minimum absolute atomic E-state index is 0.0468. The molecule has 3 amide bonds. The Hall–Kier alpha value is -2.91. The van der Waals surface area contributed by atoms with Gasteiger partial charge in [0.1, 0.15) is 17.6 Å². The van der Waals surface area contributed by atoms with Crippen molar-refractivity contribution in [1.82, 2.24) is 24.7 Å². The van der Waals surface area contributed by atoms with Gasteiger partial charge in [-0.2, -0.15) is 4.98 Å². The number of piperazine rings is 1. The van der Waals surface area contributed by atoms with Gasteiger partial charge >= 0.3 is 0 Å². The predicted molar refractivity (Wildman–Crippen MR) is 142 cm³/mol. The Morgan fingerprint density at radius 2 is 1.65 bits per heavy atom. The molecule has 5 rings (SSSR count). The third-order valence-corrected chi connectivity index (χ3v) is 8.68. The Morgan fingerprint density at radius 1 is 0.946 bits per heavy atom. The number of hydrogen-bond donors (Lipinski definition) is 0. The van der Waals surface area contributed by atoms with Crippen molar-refractivity contribution in [3.05, 3.63) is 11.3 Å². The minimum atomic E-state index is -0.267. The summed E-state index contributed by atoms with van der Waals surface area (Å²) >= 11 is 0. The van der Waals surface area contributed by atoms with Gasteiger partial charge in [0, 0.05) is 64.3 Å². The summed E-state index contributed by atoms with van der Waals surface area (Å²) in [4.78, 5) is 58.6. The normalized spacial score (nSPS) is 22.7. The van der Waals surface area contributed by atoms with Crippen LogP contribution >= 0.6 is 0 Å². The first-order chi connectivity index (χ1) is 17.8. The molecule has 1 atom stereocenters. The first kappa shape index (κ1) is 25.7. The van der Waals surface area contributed by atoms with Crippen molar-refractivity contribution < 1.29 is 14.4 Å². The first-order valence-electron chi connectivity index (χ1n) is 14.0. The lowest BCUT2D eigenvalue weighted by Gasteiger charge is -2.36. The standard InChI is InChI=1S/C27H41N7O3/c1-18(2)34-17-21-23(26(34)37)28-27(32-15-13-31(14-16-32)19(3)35)29-24(21)33-12-8-11-22(33)25(36)30(4)20-9-6-5-7-10-20/h18,20,22H,5-17H2,1-4H3/t22-/m1/s1. The average Bonchev–Trinajstić information content (AvgIpc) is 3.53. The van der Waals surface area contributed by atoms with E-state index in [1.54, 1.807) is 6.92 Å². The van der Waals surface area contributed by atoms with Crippen molar-refractivity contribution in [2.24, 2.45) is 0 Å². The van der Waals surface area contributed by atoms with Gasteiger partial charge in [0.2, 0.25) is 17.8 Å². The number of nitrogens with zero attached hydrogens (tertiary/aromatic N) is 7. The van der Waals surface area contributed by atoms with Crippen molar-refractivity contribution >= 4 is 29.5 Å². The summed E-state index contributed by atoms with van der Waals surface area (Å²) in [7, 11) is 1.96. The molecular weight excluding hydrogens is 470 g/mol. The van der Waals surface area contributed by atoms with Crippen LogP contribution < -0.4 is 9.80 Å². The number of amides is 3. The van der Waals surface area contributed by atoms with Crippen LogP contribution in [0.1, 0.15) is 81.8 Å². The molecule has 2 saturated heterocycles. The van der Waals surface area contributed by atoms with Gasteiger partial charge < -0.3 is 24.5 Å². The van der Waals surface area contributed by atoms with Crippen LogP contribution in [-0.4, -0.2) is 100 Å². The van der Waals surface area contributed by atoms with Crippen molar-refractivity contribution in [3.8, 4) is 0 Å². The first-order valence-corrected chi connectivity index (χ1v) is 14.0. The molecule has 1 saturated carbocycles. The van der Waals surface area contributed by atoms with Crippen molar-refractivity contribution in [3.63, 3.8) is 0 Å². The molecular formula is C27H41N7O3. The summed E-state index contributed by atoms with van der Waals surface area (Å²) < 4.78 is 0. The highest BCUT2D eigenvalue weighted by Crippen LogP contribution is 2.36. The fraction of sp³-hybridized carbons (Fsp3) is 0.741. The summed E-state index contributed by atoms with van der Waals surface area (Å²) in [6.45, 7) is 9.27. The molecule has 1 aromatic rings. The quantitative estimate of drug-likeness (QED) is 0.599. The van der Waals surface area contributed by atoms with E-state index < -0.39 is 0 Å². The highest BCUT2D eigenvalue weighted by Gasteiger charge is 2.41. The smallest absolute Gasteiger partial charge is 0.273 e. The van der Waals surface area contributed by atoms with E-state index in [1.807, 2.05) is 35.6 Å². The van der Waals surface area contributed by atoms with Crippen LogP contribution in [0.15, 0.2) is 0 Å². The molecule has 4 heterocycles. The Kier molecular flexibility index (Phi) is 7.27. The fourth-order valence-electron chi connectivity index (χ4n) is 6.34. The number of rotatable bonds is 5. The van der Waals surface area contributed by atoms with E-state index in [2.05, 4.69) is 9.80 Å². The van der Waals surface area contributed by atoms with E-state index in [1.165, 1.54) is 19.3 Å². The highest BCUT2D eigenvalue weighted by molar-refractivity contribution is 5.99. The molecule has 4 aliphatic rings. The van der Waals surface area contributed by atoms with E-state index >= 15 is 0 Å². The Balaban J connectivity index is 1.47. The average molecular weight is 512 g/mol. The van der Waals surface area contributed by atoms with Crippen LogP contribution in [0, 0.1) is 0 Å². The van der Waals surface area contributed by atoms with Crippen molar-refractivity contribution in [1.29, 1.82) is 0 Å². The molecule has 0 spiro atoms. The lowest BCUT2D eigenvalue weighted by molar-refractivity contribution is -0.133. The number of anilines is 2. The summed E-state index contributed by atoms with van der Waals surface area (Å²) in [6, 6.07) is 0.0908. The van der Waals surface area contributed by atoms with Gasteiger partial charge in [0.25, 0.3) is 5.91 Å². The molecule has 0 N–H and O–H groups in total. The van der Waals surface area contributed by atoms with Crippen molar-refractivity contribution in [2.45, 2.75) is 90.4 Å². The molecule has 202 valence electrons. The molecule has 10 nitrogen and oxygen atoms in total. The zero-order valence-corrected chi connectivity index (χ0v) is 22.8. The second-order valence-corrected chi connectivity index (χ2v) is 11.3. The number of carbonyl (C=O) groups excluding carboxylic acids is 3. The van der Waals surface area contributed by atoms with E-state index in [0.29, 0.717) is 50.4 Å². The monoisotopic (exact) mass is 511 g/mol. The number of fused-ring (bicyclic) bond motifs is 1. The zero-order valence-electron chi connectivity index (χ0n) is 22.8. The molecule has 1 aliphatic carbocycles. The zero-order chi connectivity index (χ0) is 26.3. The molecule has 3 aliphatic heterocycles. The molecule has 0 unspecified atom stereocenters. The third-order valence-electron chi connectivity index (χ3n) is 8.68. The highest BCUT2D eigenvalue weighted by atomic mass is 16.2. The Labute approximate surface area is 220 Å². The molecule has 0 radical (unpaired) electrons. The molecule has 3 fully saturated rings. The van der Waals surface area contributed by atoms with Crippen LogP contribution in [0.2, 0.25) is 0 Å². The summed E-state index contributed by atoms with van der Waals surface area (Å²) in [6.07, 6.45) is 7.49. The molecule has 10 heteroatoms. The van der Waals surface area contributed by atoms with Gasteiger partial charge in [0.05, 0.1) is 6.54 Å². The second-order valence-electron chi connectivity index (χ2n) is 11.3. The number of carbonyl (C=O) groups is 3. The van der Waals surface area contributed by atoms with E-state index in [4.69, 9.17) is 9.97 Å². The largest absolute Gasteiger partial charge is 0.344 e. The molecule has 0 bridgehead atoms. The van der Waals surface area contributed by atoms with Gasteiger partial charge in [-0.25, -0.2) is 4.98 Å². The topological polar surface area (TPSA) is 93.2 Å².